The van der Waals surface area contributed by atoms with E-state index in [0.717, 1.165) is 12.8 Å². The summed E-state index contributed by atoms with van der Waals surface area (Å²) in [5, 5.41) is 0. The molecule has 3 aromatic rings. The van der Waals surface area contributed by atoms with Crippen molar-refractivity contribution in [3.8, 4) is 11.1 Å². The summed E-state index contributed by atoms with van der Waals surface area (Å²) in [6.07, 6.45) is 4.89. The molecule has 0 spiro atoms. The first kappa shape index (κ1) is 37.9. The molecule has 0 saturated heterocycles. The molecule has 2 aliphatic rings. The van der Waals surface area contributed by atoms with Crippen LogP contribution in [0.1, 0.15) is 127 Å². The minimum Gasteiger partial charge on any atom is -1.00 e. The van der Waals surface area contributed by atoms with Crippen LogP contribution in [0.3, 0.4) is 0 Å². The van der Waals surface area contributed by atoms with Gasteiger partial charge in [0.15, 0.2) is 0 Å². The van der Waals surface area contributed by atoms with Crippen LogP contribution in [0.4, 0.5) is 0 Å². The van der Waals surface area contributed by atoms with Crippen molar-refractivity contribution in [2.75, 3.05) is 0 Å². The van der Waals surface area contributed by atoms with Crippen LogP contribution in [0, 0.1) is 11.3 Å². The van der Waals surface area contributed by atoms with Crippen molar-refractivity contribution in [1.29, 1.82) is 0 Å². The molecule has 0 bridgehead atoms. The fraction of sp³-hybridized carbons (Fsp3) is 0.452. The van der Waals surface area contributed by atoms with Crippen LogP contribution in [0.2, 0.25) is 0 Å². The fourth-order valence-corrected chi connectivity index (χ4v) is 17.7. The van der Waals surface area contributed by atoms with Crippen molar-refractivity contribution in [2.24, 2.45) is 11.3 Å². The average Bonchev–Trinajstić information content (AvgIpc) is 3.45. The van der Waals surface area contributed by atoms with E-state index in [4.69, 9.17) is 0 Å². The van der Waals surface area contributed by atoms with Crippen molar-refractivity contribution < 1.29 is 46.1 Å². The van der Waals surface area contributed by atoms with Crippen molar-refractivity contribution >= 4 is 3.21 Å². The molecule has 0 saturated carbocycles. The van der Waals surface area contributed by atoms with Crippen molar-refractivity contribution in [3.63, 3.8) is 0 Å². The molecule has 0 nitrogen and oxygen atoms in total. The summed E-state index contributed by atoms with van der Waals surface area (Å²) in [5.74, 6) is 0.493. The maximum atomic E-state index is 2.65. The molecule has 1 unspecified atom stereocenters. The zero-order valence-electron chi connectivity index (χ0n) is 29.8. The zero-order chi connectivity index (χ0) is 31.5. The summed E-state index contributed by atoms with van der Waals surface area (Å²) in [6, 6.07) is 26.5. The Bertz CT molecular complexity index is 1570. The van der Waals surface area contributed by atoms with Gasteiger partial charge in [-0.15, -0.1) is 0 Å². The Labute approximate surface area is 295 Å². The Morgan fingerprint density at radius 2 is 1.16 bits per heavy atom. The van der Waals surface area contributed by atoms with E-state index in [-0.39, 0.29) is 41.1 Å². The van der Waals surface area contributed by atoms with E-state index in [0.29, 0.717) is 9.54 Å². The van der Waals surface area contributed by atoms with Gasteiger partial charge >= 0.3 is 272 Å². The van der Waals surface area contributed by atoms with Gasteiger partial charge in [0.25, 0.3) is 0 Å². The monoisotopic (exact) mass is 718 g/mol. The first-order valence-corrected chi connectivity index (χ1v) is 20.5. The second-order valence-corrected chi connectivity index (χ2v) is 22.3. The smallest absolute Gasteiger partial charge is 1.00 e. The number of benzene rings is 3. The molecule has 0 N–H and O–H groups in total. The van der Waals surface area contributed by atoms with Crippen molar-refractivity contribution in [2.45, 2.75) is 110 Å². The van der Waals surface area contributed by atoms with Crippen LogP contribution in [-0.4, -0.2) is 3.21 Å². The van der Waals surface area contributed by atoms with Gasteiger partial charge in [-0.05, 0) is 0 Å². The summed E-state index contributed by atoms with van der Waals surface area (Å²) in [5.41, 5.74) is 14.2. The molecule has 0 radical (unpaired) electrons. The second-order valence-electron chi connectivity index (χ2n) is 16.0. The predicted octanol–water partition coefficient (Wildman–Crippen LogP) is 5.89. The molecule has 0 aromatic heterocycles. The fourth-order valence-electron chi connectivity index (χ4n) is 7.53. The number of allylic oxidation sites excluding steroid dienone is 4. The van der Waals surface area contributed by atoms with E-state index in [1.807, 2.05) is 3.28 Å². The molecule has 0 heterocycles. The van der Waals surface area contributed by atoms with Gasteiger partial charge in [0.05, 0.1) is 0 Å². The maximum Gasteiger partial charge on any atom is -1.00 e. The molecular weight excluding hydrogens is 667 g/mol. The summed E-state index contributed by atoms with van der Waals surface area (Å²) in [6.45, 7) is 28.8. The van der Waals surface area contributed by atoms with Crippen LogP contribution >= 0.6 is 0 Å². The van der Waals surface area contributed by atoms with Crippen LogP contribution in [0.15, 0.2) is 87.2 Å². The van der Waals surface area contributed by atoms with E-state index in [9.17, 15) is 0 Å². The second kappa shape index (κ2) is 13.9. The Hall–Kier alpha value is -1.53. The SMILES string of the molecule is CCC1=[C](/[Zr+2](=[C](/CC)c2ccccc2)[CH]2c3cc(C(C)(C)C)ccc3-c3ccc(C(C)(C)C)cc32)C(C)C=C1C(C)(C)C.[Cl-].[Cl-]. The van der Waals surface area contributed by atoms with Crippen molar-refractivity contribution in [1.82, 2.24) is 0 Å². The quantitative estimate of drug-likeness (QED) is 0.309. The van der Waals surface area contributed by atoms with Crippen LogP contribution in [0.5, 0.6) is 0 Å². The third-order valence-corrected chi connectivity index (χ3v) is 19.2. The standard InChI is InChI=1S/C21H25.C12H19.C9H10.2ClH.Zr/c1-20(2,3)16-7-9-18-14(12-16)11-15-13-17(21(4,5)6)8-10-19(15)18;1-6-10-7-9(2)8-11(10)12(3,4)5;1-2-6-9-7-4-3-5-8-9;;;/h7-13H,1-6H3;8-9H,6H2,1-5H3;3-5,7-8H,2H2,1H3;2*1H;/q;;;;;+2/p-2. The maximum absolute atomic E-state index is 2.67. The number of rotatable bonds is 5. The Balaban J connectivity index is 0.00000276. The molecule has 1 atom stereocenters. The van der Waals surface area contributed by atoms with Crippen LogP contribution in [-0.2, 0) is 32.1 Å². The van der Waals surface area contributed by atoms with E-state index in [1.165, 1.54) is 27.8 Å². The molecule has 3 aromatic carbocycles. The molecule has 5 rings (SSSR count). The van der Waals surface area contributed by atoms with Gasteiger partial charge < -0.3 is 24.8 Å². The number of hydrogen-bond acceptors (Lipinski definition) is 0. The third kappa shape index (κ3) is 7.17. The molecule has 0 aliphatic heterocycles. The largest absolute Gasteiger partial charge is 1.00 e. The van der Waals surface area contributed by atoms with E-state index >= 15 is 0 Å². The zero-order valence-corrected chi connectivity index (χ0v) is 33.7. The molecule has 0 amide bonds. The van der Waals surface area contributed by atoms with Gasteiger partial charge in [-0.2, -0.15) is 0 Å². The summed E-state index contributed by atoms with van der Waals surface area (Å²) >= 11 is -2.67. The van der Waals surface area contributed by atoms with E-state index in [2.05, 4.69) is 156 Å². The summed E-state index contributed by atoms with van der Waals surface area (Å²) in [4.78, 5) is 0. The first-order chi connectivity index (χ1) is 20.1. The number of hydrogen-bond donors (Lipinski definition) is 0. The summed E-state index contributed by atoms with van der Waals surface area (Å²) in [7, 11) is 0. The topological polar surface area (TPSA) is 0 Å². The van der Waals surface area contributed by atoms with Crippen molar-refractivity contribution in [3.05, 3.63) is 115 Å². The van der Waals surface area contributed by atoms with Gasteiger partial charge in [-0.25, -0.2) is 0 Å². The Morgan fingerprint density at radius 3 is 1.56 bits per heavy atom. The van der Waals surface area contributed by atoms with E-state index in [1.54, 1.807) is 25.5 Å². The molecule has 2 aliphatic carbocycles. The predicted molar refractivity (Wildman–Crippen MR) is 186 cm³/mol. The normalized spacial score (nSPS) is 16.8. The first-order valence-electron chi connectivity index (χ1n) is 16.6. The van der Waals surface area contributed by atoms with Gasteiger partial charge in [0, 0.05) is 0 Å². The van der Waals surface area contributed by atoms with Gasteiger partial charge in [-0.3, -0.25) is 0 Å². The molecule has 0 fully saturated rings. The summed E-state index contributed by atoms with van der Waals surface area (Å²) < 4.78 is 4.09. The van der Waals surface area contributed by atoms with E-state index < -0.39 is 21.3 Å². The van der Waals surface area contributed by atoms with Gasteiger partial charge in [0.1, 0.15) is 0 Å². The molecule has 3 heteroatoms. The molecule has 45 heavy (non-hydrogen) atoms. The average molecular weight is 721 g/mol. The molecular formula is C42H54Cl2Zr. The Kier molecular flexibility index (Phi) is 11.7. The number of fused-ring (bicyclic) bond motifs is 3. The van der Waals surface area contributed by atoms with Crippen LogP contribution < -0.4 is 24.8 Å². The van der Waals surface area contributed by atoms with Gasteiger partial charge in [-0.1, -0.05) is 0 Å². The minimum absolute atomic E-state index is 0. The van der Waals surface area contributed by atoms with Crippen LogP contribution in [0.25, 0.3) is 11.1 Å². The Morgan fingerprint density at radius 1 is 0.667 bits per heavy atom. The number of halogens is 2. The molecule has 240 valence electrons. The van der Waals surface area contributed by atoms with Gasteiger partial charge in [0.2, 0.25) is 0 Å². The third-order valence-electron chi connectivity index (χ3n) is 9.81. The minimum atomic E-state index is -2.67.